The fourth-order valence-corrected chi connectivity index (χ4v) is 3.42. The van der Waals surface area contributed by atoms with Crippen LogP contribution < -0.4 is 0 Å². The quantitative estimate of drug-likeness (QED) is 0.675. The highest BCUT2D eigenvalue weighted by Gasteiger charge is 2.28. The third-order valence-electron chi connectivity index (χ3n) is 2.85. The van der Waals surface area contributed by atoms with Crippen LogP contribution in [0, 0.1) is 0 Å². The van der Waals surface area contributed by atoms with Crippen LogP contribution >= 0.6 is 0 Å². The summed E-state index contributed by atoms with van der Waals surface area (Å²) in [5.74, 6) is 0. The van der Waals surface area contributed by atoms with Gasteiger partial charge in [-0.05, 0) is 12.8 Å². The average Bonchev–Trinajstić information content (AvgIpc) is 2.20. The van der Waals surface area contributed by atoms with E-state index in [9.17, 15) is 8.42 Å². The van der Waals surface area contributed by atoms with E-state index in [1.807, 2.05) is 27.7 Å². The van der Waals surface area contributed by atoms with Gasteiger partial charge < -0.3 is 0 Å². The number of rotatable bonds is 7. The minimum Gasteiger partial charge on any atom is -0.195 e. The second-order valence-corrected chi connectivity index (χ2v) is 5.57. The van der Waals surface area contributed by atoms with Crippen molar-refractivity contribution in [2.45, 2.75) is 46.6 Å². The van der Waals surface area contributed by atoms with Crippen LogP contribution in [0.25, 0.3) is 0 Å². The molecule has 0 saturated heterocycles. The third-order valence-corrected chi connectivity index (χ3v) is 5.05. The zero-order chi connectivity index (χ0) is 12.1. The summed E-state index contributed by atoms with van der Waals surface area (Å²) in [6.45, 7) is 8.82. The molecule has 5 heteroatoms. The maximum absolute atomic E-state index is 12.1. The predicted octanol–water partition coefficient (Wildman–Crippen LogP) is 1.69. The summed E-state index contributed by atoms with van der Waals surface area (Å²) in [5.41, 5.74) is 0. The van der Waals surface area contributed by atoms with Crippen molar-refractivity contribution in [2.24, 2.45) is 0 Å². The van der Waals surface area contributed by atoms with Gasteiger partial charge in [-0.2, -0.15) is 17.0 Å². The van der Waals surface area contributed by atoms with Crippen LogP contribution in [0.4, 0.5) is 0 Å². The molecular weight excluding hydrogens is 212 g/mol. The highest BCUT2D eigenvalue weighted by Crippen LogP contribution is 2.14. The highest BCUT2D eigenvalue weighted by atomic mass is 32.2. The van der Waals surface area contributed by atoms with Gasteiger partial charge >= 0.3 is 0 Å². The van der Waals surface area contributed by atoms with Crippen LogP contribution in [0.15, 0.2) is 0 Å². The van der Waals surface area contributed by atoms with Crippen LogP contribution in [0.2, 0.25) is 0 Å². The third kappa shape index (κ3) is 3.43. The summed E-state index contributed by atoms with van der Waals surface area (Å²) in [5, 5.41) is 0. The molecule has 0 radical (unpaired) electrons. The monoisotopic (exact) mass is 236 g/mol. The Bertz CT molecular complexity index is 257. The molecule has 0 heterocycles. The molecule has 0 spiro atoms. The van der Waals surface area contributed by atoms with Gasteiger partial charge in [-0.1, -0.05) is 27.7 Å². The van der Waals surface area contributed by atoms with Crippen molar-refractivity contribution < 1.29 is 8.42 Å². The lowest BCUT2D eigenvalue weighted by molar-refractivity contribution is 0.311. The molecule has 0 unspecified atom stereocenters. The second-order valence-electron chi connectivity index (χ2n) is 3.58. The number of hydrogen-bond donors (Lipinski definition) is 0. The zero-order valence-electron chi connectivity index (χ0n) is 10.5. The van der Waals surface area contributed by atoms with E-state index >= 15 is 0 Å². The molecule has 0 aromatic heterocycles. The molecule has 0 amide bonds. The molecule has 0 aromatic carbocycles. The largest absolute Gasteiger partial charge is 0.281 e. The van der Waals surface area contributed by atoms with Gasteiger partial charge in [0.2, 0.25) is 0 Å². The van der Waals surface area contributed by atoms with E-state index in [4.69, 9.17) is 0 Å². The molecule has 0 rings (SSSR count). The average molecular weight is 236 g/mol. The minimum atomic E-state index is -3.26. The topological polar surface area (TPSA) is 40.6 Å². The molecule has 0 saturated carbocycles. The van der Waals surface area contributed by atoms with Gasteiger partial charge in [0.05, 0.1) is 0 Å². The molecule has 0 atom stereocenters. The lowest BCUT2D eigenvalue weighted by Crippen LogP contribution is -2.46. The maximum atomic E-state index is 12.1. The Balaban J connectivity index is 4.85. The Labute approximate surface area is 94.4 Å². The van der Waals surface area contributed by atoms with E-state index in [-0.39, 0.29) is 6.04 Å². The maximum Gasteiger partial charge on any atom is 0.281 e. The Morgan fingerprint density at radius 3 is 1.67 bits per heavy atom. The summed E-state index contributed by atoms with van der Waals surface area (Å²) < 4.78 is 27.2. The molecule has 4 nitrogen and oxygen atoms in total. The summed E-state index contributed by atoms with van der Waals surface area (Å²) in [4.78, 5) is 0. The molecule has 0 aliphatic carbocycles. The predicted molar refractivity (Wildman–Crippen MR) is 64.0 cm³/mol. The van der Waals surface area contributed by atoms with E-state index in [1.165, 1.54) is 8.61 Å². The van der Waals surface area contributed by atoms with Crippen molar-refractivity contribution in [3.63, 3.8) is 0 Å². The van der Waals surface area contributed by atoms with Crippen molar-refractivity contribution in [3.05, 3.63) is 0 Å². The molecular formula is C10H24N2O2S. The molecule has 0 aliphatic heterocycles. The lowest BCUT2D eigenvalue weighted by Gasteiger charge is -2.30. The Hall–Kier alpha value is -0.130. The fourth-order valence-electron chi connectivity index (χ4n) is 1.72. The van der Waals surface area contributed by atoms with Crippen LogP contribution in [0.3, 0.4) is 0 Å². The number of nitrogens with zero attached hydrogens (tertiary/aromatic N) is 2. The summed E-state index contributed by atoms with van der Waals surface area (Å²) in [7, 11) is -1.59. The van der Waals surface area contributed by atoms with Gasteiger partial charge in [0.15, 0.2) is 0 Å². The Morgan fingerprint density at radius 1 is 1.00 bits per heavy atom. The van der Waals surface area contributed by atoms with Crippen LogP contribution in [-0.2, 0) is 10.2 Å². The van der Waals surface area contributed by atoms with E-state index in [0.29, 0.717) is 13.1 Å². The van der Waals surface area contributed by atoms with Gasteiger partial charge in [-0.25, -0.2) is 0 Å². The van der Waals surface area contributed by atoms with Crippen LogP contribution in [-0.4, -0.2) is 43.2 Å². The van der Waals surface area contributed by atoms with Crippen molar-refractivity contribution in [1.29, 1.82) is 0 Å². The Morgan fingerprint density at radius 2 is 1.40 bits per heavy atom. The fraction of sp³-hybridized carbons (Fsp3) is 1.00. The van der Waals surface area contributed by atoms with Gasteiger partial charge in [0.1, 0.15) is 0 Å². The van der Waals surface area contributed by atoms with Gasteiger partial charge in [-0.3, -0.25) is 0 Å². The van der Waals surface area contributed by atoms with Crippen LogP contribution in [0.5, 0.6) is 0 Å². The first kappa shape index (κ1) is 14.9. The SMILES string of the molecule is CCC(CC)N(C)S(=O)(=O)N(CC)CC. The Kier molecular flexibility index (Phi) is 6.40. The first-order chi connectivity index (χ1) is 6.95. The normalized spacial score (nSPS) is 13.1. The van der Waals surface area contributed by atoms with Crippen LogP contribution in [0.1, 0.15) is 40.5 Å². The molecule has 0 fully saturated rings. The van der Waals surface area contributed by atoms with E-state index in [2.05, 4.69) is 0 Å². The van der Waals surface area contributed by atoms with Gasteiger partial charge in [0, 0.05) is 26.2 Å². The molecule has 0 bridgehead atoms. The smallest absolute Gasteiger partial charge is 0.195 e. The summed E-state index contributed by atoms with van der Waals surface area (Å²) in [6, 6.07) is 0.107. The van der Waals surface area contributed by atoms with Crippen molar-refractivity contribution in [1.82, 2.24) is 8.61 Å². The van der Waals surface area contributed by atoms with E-state index in [1.54, 1.807) is 7.05 Å². The summed E-state index contributed by atoms with van der Waals surface area (Å²) >= 11 is 0. The molecule has 0 aromatic rings. The molecule has 0 N–H and O–H groups in total. The minimum absolute atomic E-state index is 0.107. The van der Waals surface area contributed by atoms with E-state index < -0.39 is 10.2 Å². The van der Waals surface area contributed by atoms with Crippen molar-refractivity contribution in [3.8, 4) is 0 Å². The molecule has 15 heavy (non-hydrogen) atoms. The van der Waals surface area contributed by atoms with E-state index in [0.717, 1.165) is 12.8 Å². The zero-order valence-corrected chi connectivity index (χ0v) is 11.3. The van der Waals surface area contributed by atoms with Gasteiger partial charge in [-0.15, -0.1) is 0 Å². The first-order valence-corrected chi connectivity index (χ1v) is 7.08. The first-order valence-electron chi connectivity index (χ1n) is 5.68. The van der Waals surface area contributed by atoms with Crippen molar-refractivity contribution >= 4 is 10.2 Å². The molecule has 0 aliphatic rings. The van der Waals surface area contributed by atoms with Crippen molar-refractivity contribution in [2.75, 3.05) is 20.1 Å². The second kappa shape index (κ2) is 6.45. The summed E-state index contributed by atoms with van der Waals surface area (Å²) in [6.07, 6.45) is 1.71. The van der Waals surface area contributed by atoms with Gasteiger partial charge in [0.25, 0.3) is 10.2 Å². The number of hydrogen-bond acceptors (Lipinski definition) is 2. The lowest BCUT2D eigenvalue weighted by atomic mass is 10.2. The standard InChI is InChI=1S/C10H24N2O2S/c1-6-10(7-2)11(5)15(13,14)12(8-3)9-4/h10H,6-9H2,1-5H3. The molecule has 92 valence electrons. The highest BCUT2D eigenvalue weighted by molar-refractivity contribution is 7.86.